The van der Waals surface area contributed by atoms with E-state index in [0.29, 0.717) is 0 Å². The van der Waals surface area contributed by atoms with E-state index in [1.807, 2.05) is 18.2 Å². The van der Waals surface area contributed by atoms with Crippen LogP contribution in [0.15, 0.2) is 30.3 Å². The summed E-state index contributed by atoms with van der Waals surface area (Å²) >= 11 is 2.12. The van der Waals surface area contributed by atoms with Crippen molar-refractivity contribution in [1.82, 2.24) is 0 Å². The van der Waals surface area contributed by atoms with Gasteiger partial charge in [0.25, 0.3) is 0 Å². The molecule has 0 fully saturated rings. The van der Waals surface area contributed by atoms with Crippen molar-refractivity contribution in [3.05, 3.63) is 35.9 Å². The van der Waals surface area contributed by atoms with E-state index in [4.69, 9.17) is 4.18 Å². The Balaban J connectivity index is 2.28. The summed E-state index contributed by atoms with van der Waals surface area (Å²) in [7, 11) is 1.39. The molecule has 0 spiro atoms. The average molecular weight is 280 g/mol. The van der Waals surface area contributed by atoms with Gasteiger partial charge in [-0.15, -0.1) is 0 Å². The highest BCUT2D eigenvalue weighted by atomic mass is 127. The zero-order valence-corrected chi connectivity index (χ0v) is 8.97. The Hall–Kier alpha value is 0.260. The van der Waals surface area contributed by atoms with E-state index >= 15 is 0 Å². The lowest BCUT2D eigenvalue weighted by Crippen LogP contribution is -1.90. The second kappa shape index (κ2) is 5.85. The van der Waals surface area contributed by atoms with Gasteiger partial charge in [0.2, 0.25) is 0 Å². The van der Waals surface area contributed by atoms with Crippen LogP contribution in [-0.4, -0.2) is 6.61 Å². The molecule has 0 saturated heterocycles. The maximum absolute atomic E-state index is 5.14. The number of hydrogen-bond acceptors (Lipinski definition) is 2. The third kappa shape index (κ3) is 3.98. The van der Waals surface area contributed by atoms with Gasteiger partial charge in [0, 0.05) is 21.2 Å². The van der Waals surface area contributed by atoms with Gasteiger partial charge >= 0.3 is 0 Å². The molecule has 0 N–H and O–H groups in total. The van der Waals surface area contributed by atoms with Crippen LogP contribution in [0, 0.1) is 0 Å². The van der Waals surface area contributed by atoms with Crippen molar-refractivity contribution in [2.24, 2.45) is 0 Å². The van der Waals surface area contributed by atoms with Crippen molar-refractivity contribution in [2.45, 2.75) is 6.42 Å². The van der Waals surface area contributed by atoms with Gasteiger partial charge in [-0.1, -0.05) is 30.3 Å². The molecule has 0 aromatic heterocycles. The van der Waals surface area contributed by atoms with Crippen molar-refractivity contribution in [2.75, 3.05) is 6.61 Å². The Morgan fingerprint density at radius 2 is 2.00 bits per heavy atom. The molecule has 1 rings (SSSR count). The zero-order valence-electron chi connectivity index (χ0n) is 6.00. The van der Waals surface area contributed by atoms with Crippen molar-refractivity contribution in [3.8, 4) is 0 Å². The monoisotopic (exact) mass is 280 g/mol. The predicted molar refractivity (Wildman–Crippen MR) is 57.7 cm³/mol. The molecule has 60 valence electrons. The van der Waals surface area contributed by atoms with Crippen LogP contribution >= 0.6 is 30.4 Å². The highest BCUT2D eigenvalue weighted by Gasteiger charge is 1.90. The normalized spacial score (nSPS) is 9.91. The van der Waals surface area contributed by atoms with Crippen LogP contribution in [0.25, 0.3) is 0 Å². The lowest BCUT2D eigenvalue weighted by atomic mass is 10.2. The van der Waals surface area contributed by atoms with E-state index in [2.05, 4.69) is 33.3 Å². The molecular formula is C8H9IOS. The zero-order chi connectivity index (χ0) is 7.94. The Labute approximate surface area is 83.3 Å². The first-order valence-corrected chi connectivity index (χ1v) is 6.66. The molecule has 3 heteroatoms. The fourth-order valence-electron chi connectivity index (χ4n) is 0.836. The van der Waals surface area contributed by atoms with Gasteiger partial charge in [-0.3, -0.25) is 0 Å². The minimum atomic E-state index is 0.789. The van der Waals surface area contributed by atoms with Gasteiger partial charge in [0.1, 0.15) is 0 Å². The van der Waals surface area contributed by atoms with Crippen molar-refractivity contribution < 1.29 is 4.18 Å². The third-order valence-corrected chi connectivity index (χ3v) is 2.38. The molecule has 0 atom stereocenters. The smallest absolute Gasteiger partial charge is 0.0663 e. The second-order valence-corrected chi connectivity index (χ2v) is 3.56. The van der Waals surface area contributed by atoms with Crippen molar-refractivity contribution in [1.29, 1.82) is 0 Å². The maximum Gasteiger partial charge on any atom is 0.0663 e. The third-order valence-electron chi connectivity index (χ3n) is 1.36. The number of hydrogen-bond donors (Lipinski definition) is 0. The van der Waals surface area contributed by atoms with Gasteiger partial charge in [-0.05, 0) is 12.0 Å². The summed E-state index contributed by atoms with van der Waals surface area (Å²) in [6, 6.07) is 10.3. The van der Waals surface area contributed by atoms with Crippen LogP contribution in [-0.2, 0) is 10.6 Å². The SMILES string of the molecule is ISOCCc1ccccc1. The molecule has 0 bridgehead atoms. The highest BCUT2D eigenvalue weighted by Crippen LogP contribution is 2.12. The molecule has 1 nitrogen and oxygen atoms in total. The summed E-state index contributed by atoms with van der Waals surface area (Å²) in [5.41, 5.74) is 1.33. The first kappa shape index (κ1) is 9.35. The average Bonchev–Trinajstić information content (AvgIpc) is 2.07. The van der Waals surface area contributed by atoms with Gasteiger partial charge < -0.3 is 4.18 Å². The predicted octanol–water partition coefficient (Wildman–Crippen LogP) is 3.24. The molecular weight excluding hydrogens is 271 g/mol. The lowest BCUT2D eigenvalue weighted by Gasteiger charge is -1.98. The molecule has 0 unspecified atom stereocenters. The summed E-state index contributed by atoms with van der Waals surface area (Å²) in [5, 5.41) is 0. The Kier molecular flexibility index (Phi) is 4.97. The maximum atomic E-state index is 5.14. The molecule has 0 saturated carbocycles. The van der Waals surface area contributed by atoms with Crippen LogP contribution < -0.4 is 0 Å². The standard InChI is InChI=1S/C8H9IOS/c9-11-10-7-6-8-4-2-1-3-5-8/h1-5H,6-7H2. The van der Waals surface area contributed by atoms with Crippen LogP contribution in [0.3, 0.4) is 0 Å². The number of rotatable bonds is 4. The minimum absolute atomic E-state index is 0.789. The first-order valence-electron chi connectivity index (χ1n) is 3.37. The molecule has 11 heavy (non-hydrogen) atoms. The summed E-state index contributed by atoms with van der Waals surface area (Å²) < 4.78 is 5.14. The molecule has 1 aromatic rings. The van der Waals surface area contributed by atoms with E-state index in [9.17, 15) is 0 Å². The molecule has 0 aliphatic carbocycles. The fourth-order valence-corrected chi connectivity index (χ4v) is 1.52. The highest BCUT2D eigenvalue weighted by molar-refractivity contribution is 14.2. The molecule has 0 radical (unpaired) electrons. The van der Waals surface area contributed by atoms with Gasteiger partial charge in [-0.25, -0.2) is 0 Å². The first-order chi connectivity index (χ1) is 5.43. The fraction of sp³-hybridized carbons (Fsp3) is 0.250. The van der Waals surface area contributed by atoms with Gasteiger partial charge in [0.05, 0.1) is 15.8 Å². The molecule has 0 aliphatic rings. The Bertz CT molecular complexity index is 191. The Morgan fingerprint density at radius 1 is 1.27 bits per heavy atom. The van der Waals surface area contributed by atoms with E-state index in [-0.39, 0.29) is 0 Å². The lowest BCUT2D eigenvalue weighted by molar-refractivity contribution is 0.386. The van der Waals surface area contributed by atoms with Crippen LogP contribution in [0.5, 0.6) is 0 Å². The largest absolute Gasteiger partial charge is 0.305 e. The van der Waals surface area contributed by atoms with Gasteiger partial charge in [0.15, 0.2) is 0 Å². The van der Waals surface area contributed by atoms with Crippen LogP contribution in [0.4, 0.5) is 0 Å². The van der Waals surface area contributed by atoms with Crippen LogP contribution in [0.1, 0.15) is 5.56 Å². The topological polar surface area (TPSA) is 9.23 Å². The molecule has 0 amide bonds. The van der Waals surface area contributed by atoms with E-state index in [0.717, 1.165) is 13.0 Å². The Morgan fingerprint density at radius 3 is 2.64 bits per heavy atom. The van der Waals surface area contributed by atoms with Crippen LogP contribution in [0.2, 0.25) is 0 Å². The van der Waals surface area contributed by atoms with Crippen molar-refractivity contribution in [3.63, 3.8) is 0 Å². The quantitative estimate of drug-likeness (QED) is 0.475. The number of halogens is 1. The number of benzene rings is 1. The van der Waals surface area contributed by atoms with Crippen molar-refractivity contribution >= 4 is 30.4 Å². The second-order valence-electron chi connectivity index (χ2n) is 2.12. The van der Waals surface area contributed by atoms with Gasteiger partial charge in [-0.2, -0.15) is 0 Å². The summed E-state index contributed by atoms with van der Waals surface area (Å²) in [6.45, 7) is 0.789. The van der Waals surface area contributed by atoms with E-state index in [1.165, 1.54) is 14.8 Å². The summed E-state index contributed by atoms with van der Waals surface area (Å²) in [4.78, 5) is 0. The molecule has 0 heterocycles. The van der Waals surface area contributed by atoms with E-state index in [1.54, 1.807) is 0 Å². The molecule has 0 aliphatic heterocycles. The van der Waals surface area contributed by atoms with E-state index < -0.39 is 0 Å². The summed E-state index contributed by atoms with van der Waals surface area (Å²) in [5.74, 6) is 0. The molecule has 1 aromatic carbocycles. The summed E-state index contributed by atoms with van der Waals surface area (Å²) in [6.07, 6.45) is 0.997. The minimum Gasteiger partial charge on any atom is -0.305 e.